The van der Waals surface area contributed by atoms with Gasteiger partial charge >= 0.3 is 0 Å². The molecule has 0 aliphatic heterocycles. The van der Waals surface area contributed by atoms with E-state index in [1.165, 1.54) is 0 Å². The van der Waals surface area contributed by atoms with Crippen molar-refractivity contribution in [1.82, 2.24) is 5.16 Å². The van der Waals surface area contributed by atoms with Crippen LogP contribution in [0, 0.1) is 11.1 Å². The van der Waals surface area contributed by atoms with Crippen molar-refractivity contribution >= 4 is 16.8 Å². The zero-order valence-corrected chi connectivity index (χ0v) is 11.1. The Bertz CT molecular complexity index is 630. The Morgan fingerprint density at radius 3 is 2.90 bits per heavy atom. The van der Waals surface area contributed by atoms with Crippen LogP contribution in [0.5, 0.6) is 0 Å². The summed E-state index contributed by atoms with van der Waals surface area (Å²) in [6, 6.07) is 5.14. The smallest absolute Gasteiger partial charge is 0.249 e. The van der Waals surface area contributed by atoms with Crippen molar-refractivity contribution < 1.29 is 14.3 Å². The quantitative estimate of drug-likeness (QED) is 0.677. The van der Waals surface area contributed by atoms with Crippen LogP contribution in [-0.4, -0.2) is 17.0 Å². The highest BCUT2D eigenvalue weighted by atomic mass is 16.8. The van der Waals surface area contributed by atoms with E-state index < -0.39 is 0 Å². The topological polar surface area (TPSA) is 96.1 Å². The first-order valence-corrected chi connectivity index (χ1v) is 6.92. The van der Waals surface area contributed by atoms with E-state index in [9.17, 15) is 10.0 Å². The molecule has 0 bridgehead atoms. The lowest BCUT2D eigenvalue weighted by atomic mass is 9.82. The van der Waals surface area contributed by atoms with Crippen molar-refractivity contribution in [2.75, 3.05) is 0 Å². The number of hydrogen-bond acceptors (Lipinski definition) is 5. The molecule has 0 atom stereocenters. The average Bonchev–Trinajstić information content (AvgIpc) is 2.82. The predicted molar refractivity (Wildman–Crippen MR) is 71.8 cm³/mol. The monoisotopic (exact) mass is 275 g/mol. The lowest BCUT2D eigenvalue weighted by molar-refractivity contribution is -0.782. The highest BCUT2D eigenvalue weighted by molar-refractivity contribution is 5.98. The summed E-state index contributed by atoms with van der Waals surface area (Å²) in [6.07, 6.45) is 4.56. The van der Waals surface area contributed by atoms with Gasteiger partial charge in [-0.15, -0.1) is 0 Å². The second-order valence-corrected chi connectivity index (χ2v) is 5.54. The molecule has 2 aromatic rings. The predicted octanol–water partition coefficient (Wildman–Crippen LogP) is 1.55. The number of ketones is 1. The number of fused-ring (bicyclic) bond motifs is 1. The first kappa shape index (κ1) is 13.1. The molecule has 0 radical (unpaired) electrons. The Hall–Kier alpha value is -1.95. The zero-order valence-electron chi connectivity index (χ0n) is 11.1. The number of nitrogens with two attached hydrogens (primary N) is 1. The molecule has 2 N–H and O–H groups in total. The van der Waals surface area contributed by atoms with Gasteiger partial charge in [0.05, 0.1) is 0 Å². The van der Waals surface area contributed by atoms with E-state index >= 15 is 0 Å². The van der Waals surface area contributed by atoms with E-state index in [1.54, 1.807) is 18.2 Å². The number of rotatable bonds is 3. The molecular weight excluding hydrogens is 258 g/mol. The Kier molecular flexibility index (Phi) is 3.40. The Morgan fingerprint density at radius 1 is 1.40 bits per heavy atom. The maximum Gasteiger partial charge on any atom is 0.249 e. The van der Waals surface area contributed by atoms with E-state index in [0.717, 1.165) is 25.7 Å². The van der Waals surface area contributed by atoms with Gasteiger partial charge in [-0.3, -0.25) is 9.42 Å². The van der Waals surface area contributed by atoms with E-state index in [0.29, 0.717) is 39.9 Å². The number of carbonyl (C=O) groups excluding carboxylic acids is 1. The molecule has 20 heavy (non-hydrogen) atoms. The second kappa shape index (κ2) is 5.20. The zero-order chi connectivity index (χ0) is 14.1. The van der Waals surface area contributed by atoms with Crippen LogP contribution >= 0.6 is 0 Å². The highest BCUT2D eigenvalue weighted by Gasteiger charge is 2.22. The van der Waals surface area contributed by atoms with Gasteiger partial charge in [0.1, 0.15) is 0 Å². The average molecular weight is 275 g/mol. The van der Waals surface area contributed by atoms with Crippen LogP contribution < -0.4 is 10.6 Å². The van der Waals surface area contributed by atoms with Crippen LogP contribution in [0.25, 0.3) is 11.0 Å². The highest BCUT2D eigenvalue weighted by Crippen LogP contribution is 2.27. The summed E-state index contributed by atoms with van der Waals surface area (Å²) in [5.41, 5.74) is 7.20. The number of hydrogen-bond donors (Lipinski definition) is 1. The molecule has 1 heterocycles. The summed E-state index contributed by atoms with van der Waals surface area (Å²) >= 11 is 0. The van der Waals surface area contributed by atoms with Gasteiger partial charge in [0.2, 0.25) is 11.0 Å². The van der Waals surface area contributed by atoms with Gasteiger partial charge in [-0.05, 0) is 48.6 Å². The minimum atomic E-state index is 0.0906. The summed E-state index contributed by atoms with van der Waals surface area (Å²) in [4.78, 5) is 12.6. The van der Waals surface area contributed by atoms with Crippen LogP contribution in [0.1, 0.15) is 42.5 Å². The number of Topliss-reactive ketones (excluding diaryl/α,β-unsaturated/α-hetero) is 1. The Labute approximate surface area is 116 Å². The standard InChI is InChI=1S/C14H17N3O3/c15-11-4-1-9(2-5-11)7-14(18)10-3-6-13-12(8-10)16-20-17(13)19/h3,6,8-9,11H,1-2,4-5,7,15H2. The van der Waals surface area contributed by atoms with Crippen molar-refractivity contribution in [3.8, 4) is 0 Å². The molecule has 1 fully saturated rings. The third kappa shape index (κ3) is 2.51. The summed E-state index contributed by atoms with van der Waals surface area (Å²) < 4.78 is 4.50. The number of carbonyl (C=O) groups is 1. The minimum absolute atomic E-state index is 0.0906. The van der Waals surface area contributed by atoms with Gasteiger partial charge in [0.25, 0.3) is 0 Å². The lowest BCUT2D eigenvalue weighted by Gasteiger charge is -2.25. The van der Waals surface area contributed by atoms with Crippen LogP contribution in [0.15, 0.2) is 22.8 Å². The summed E-state index contributed by atoms with van der Waals surface area (Å²) in [6.45, 7) is 0. The Balaban J connectivity index is 1.72. The minimum Gasteiger partial charge on any atom is -0.359 e. The molecular formula is C14H17N3O3. The first-order chi connectivity index (χ1) is 9.63. The second-order valence-electron chi connectivity index (χ2n) is 5.54. The van der Waals surface area contributed by atoms with Crippen molar-refractivity contribution in [2.45, 2.75) is 38.1 Å². The molecule has 1 aromatic carbocycles. The number of benzene rings is 1. The summed E-state index contributed by atoms with van der Waals surface area (Å²) in [7, 11) is 0. The fourth-order valence-electron chi connectivity index (χ4n) is 2.82. The molecule has 106 valence electrons. The maximum absolute atomic E-state index is 12.3. The third-order valence-corrected chi connectivity index (χ3v) is 4.07. The molecule has 0 spiro atoms. The molecule has 0 unspecified atom stereocenters. The van der Waals surface area contributed by atoms with E-state index in [2.05, 4.69) is 9.79 Å². The normalized spacial score (nSPS) is 23.1. The Morgan fingerprint density at radius 2 is 2.15 bits per heavy atom. The molecule has 0 saturated heterocycles. The molecule has 0 amide bonds. The van der Waals surface area contributed by atoms with Gasteiger partial charge in [-0.1, -0.05) is 0 Å². The SMILES string of the molecule is NC1CCC(CC(=O)c2ccc3c(c2)no[n+]3[O-])CC1. The van der Waals surface area contributed by atoms with Crippen molar-refractivity contribution in [2.24, 2.45) is 11.7 Å². The van der Waals surface area contributed by atoms with Crippen molar-refractivity contribution in [3.63, 3.8) is 0 Å². The molecule has 1 saturated carbocycles. The van der Waals surface area contributed by atoms with Gasteiger partial charge < -0.3 is 10.9 Å². The summed E-state index contributed by atoms with van der Waals surface area (Å²) in [5.74, 6) is 0.507. The largest absolute Gasteiger partial charge is 0.359 e. The fourth-order valence-corrected chi connectivity index (χ4v) is 2.82. The van der Waals surface area contributed by atoms with E-state index in [1.807, 2.05) is 0 Å². The van der Waals surface area contributed by atoms with Gasteiger partial charge in [0, 0.05) is 29.2 Å². The van der Waals surface area contributed by atoms with Gasteiger partial charge in [-0.2, -0.15) is 0 Å². The lowest BCUT2D eigenvalue weighted by Crippen LogP contribution is -2.27. The molecule has 1 aliphatic carbocycles. The van der Waals surface area contributed by atoms with Crippen LogP contribution in [-0.2, 0) is 0 Å². The van der Waals surface area contributed by atoms with Crippen molar-refractivity contribution in [1.29, 1.82) is 0 Å². The molecule has 6 nitrogen and oxygen atoms in total. The van der Waals surface area contributed by atoms with Crippen LogP contribution in [0.4, 0.5) is 0 Å². The first-order valence-electron chi connectivity index (χ1n) is 6.92. The van der Waals surface area contributed by atoms with Crippen molar-refractivity contribution in [3.05, 3.63) is 29.0 Å². The van der Waals surface area contributed by atoms with E-state index in [-0.39, 0.29) is 5.78 Å². The number of aromatic nitrogens is 2. The van der Waals surface area contributed by atoms with Gasteiger partial charge in [0.15, 0.2) is 5.78 Å². The van der Waals surface area contributed by atoms with Gasteiger partial charge in [-0.25, -0.2) is 0 Å². The molecule has 6 heteroatoms. The molecule has 1 aliphatic rings. The fraction of sp³-hybridized carbons (Fsp3) is 0.500. The number of nitrogens with zero attached hydrogens (tertiary/aromatic N) is 2. The maximum atomic E-state index is 12.3. The van der Waals surface area contributed by atoms with Crippen LogP contribution in [0.3, 0.4) is 0 Å². The molecule has 3 rings (SSSR count). The molecule has 1 aromatic heterocycles. The third-order valence-electron chi connectivity index (χ3n) is 4.07. The summed E-state index contributed by atoms with van der Waals surface area (Å²) in [5, 5.41) is 14.8. The van der Waals surface area contributed by atoms with Crippen LogP contribution in [0.2, 0.25) is 0 Å². The van der Waals surface area contributed by atoms with E-state index in [4.69, 9.17) is 5.73 Å².